The van der Waals surface area contributed by atoms with Crippen molar-refractivity contribution in [3.63, 3.8) is 0 Å². The van der Waals surface area contributed by atoms with Gasteiger partial charge in [-0.25, -0.2) is 4.79 Å². The molecule has 3 amide bonds. The van der Waals surface area contributed by atoms with Crippen LogP contribution in [0.2, 0.25) is 0 Å². The summed E-state index contributed by atoms with van der Waals surface area (Å²) in [7, 11) is 0. The van der Waals surface area contributed by atoms with Gasteiger partial charge in [-0.1, -0.05) is 0 Å². The molecule has 0 aliphatic carbocycles. The van der Waals surface area contributed by atoms with Gasteiger partial charge in [0, 0.05) is 20.3 Å². The zero-order valence-corrected chi connectivity index (χ0v) is 50.0. The van der Waals surface area contributed by atoms with Crippen molar-refractivity contribution in [1.82, 2.24) is 16.0 Å². The van der Waals surface area contributed by atoms with Crippen LogP contribution in [-0.2, 0) is 76.0 Å². The molecule has 0 aromatic rings. The van der Waals surface area contributed by atoms with Gasteiger partial charge in [0.25, 0.3) is 5.79 Å². The number of carboxylic acid groups (broad SMARTS) is 1. The quantitative estimate of drug-likeness (QED) is 0.0318. The largest absolute Gasteiger partial charge is 0.477 e. The number of carbonyl (C=O) groups excluding carboxylic acids is 3. The predicted octanol–water partition coefficient (Wildman–Crippen LogP) is -18.0. The van der Waals surface area contributed by atoms with Crippen LogP contribution in [0.1, 0.15) is 20.3 Å². The second-order valence-electron chi connectivity index (χ2n) is 23.1. The fourth-order valence-corrected chi connectivity index (χ4v) is 11.3. The van der Waals surface area contributed by atoms with Gasteiger partial charge in [-0.05, 0) is 0 Å². The third-order valence-corrected chi connectivity index (χ3v) is 16.4. The van der Waals surface area contributed by atoms with Crippen LogP contribution in [0, 0.1) is 0 Å². The number of hydrogen-bond acceptors (Lipinski definition) is 39. The van der Waals surface area contributed by atoms with Crippen LogP contribution in [0.5, 0.6) is 0 Å². The minimum Gasteiger partial charge on any atom is -0.477 e. The van der Waals surface area contributed by atoms with Gasteiger partial charge >= 0.3 is 5.97 Å². The number of amides is 3. The third kappa shape index (κ3) is 18.1. The zero-order valence-electron chi connectivity index (χ0n) is 50.0. The first-order chi connectivity index (χ1) is 44.3. The number of ether oxygens (including phenoxy) is 12. The highest BCUT2D eigenvalue weighted by Crippen LogP contribution is 2.38. The van der Waals surface area contributed by atoms with Crippen molar-refractivity contribution < 1.29 is 199 Å². The fraction of sp³-hybridized carbons (Fsp3) is 0.922. The summed E-state index contributed by atoms with van der Waals surface area (Å²) in [4.78, 5) is 50.5. The number of carbonyl (C=O) groups is 4. The Labute approximate surface area is 531 Å². The van der Waals surface area contributed by atoms with Gasteiger partial charge in [0.2, 0.25) is 17.7 Å². The minimum atomic E-state index is -3.10. The van der Waals surface area contributed by atoms with Gasteiger partial charge in [0.1, 0.15) is 171 Å². The van der Waals surface area contributed by atoms with Crippen LogP contribution in [0.15, 0.2) is 0 Å². The summed E-state index contributed by atoms with van der Waals surface area (Å²) in [6.07, 6.45) is -66.6. The van der Waals surface area contributed by atoms with E-state index in [1.54, 1.807) is 0 Å². The van der Waals surface area contributed by atoms with Gasteiger partial charge in [0.05, 0.1) is 65.0 Å². The average Bonchev–Trinajstić information content (AvgIpc) is 0.778. The van der Waals surface area contributed by atoms with E-state index in [1.807, 2.05) is 0 Å². The number of rotatable bonds is 30. The molecule has 43 heteroatoms. The van der Waals surface area contributed by atoms with E-state index < -0.39 is 304 Å². The Morgan fingerprint density at radius 3 is 1.43 bits per heavy atom. The molecule has 6 fully saturated rings. The lowest BCUT2D eigenvalue weighted by molar-refractivity contribution is -0.379. The molecule has 0 unspecified atom stereocenters. The number of nitrogens with one attached hydrogen (secondary N) is 3. The molecule has 546 valence electrons. The lowest BCUT2D eigenvalue weighted by atomic mass is 9.88. The summed E-state index contributed by atoms with van der Waals surface area (Å²) < 4.78 is 68.9. The van der Waals surface area contributed by atoms with Crippen LogP contribution in [0.4, 0.5) is 0 Å². The summed E-state index contributed by atoms with van der Waals surface area (Å²) in [5.41, 5.74) is 0. The molecule has 43 nitrogen and oxygen atoms in total. The summed E-state index contributed by atoms with van der Waals surface area (Å²) in [6.45, 7) is -8.37. The highest BCUT2D eigenvalue weighted by Gasteiger charge is 2.60. The summed E-state index contributed by atoms with van der Waals surface area (Å²) >= 11 is 0. The summed E-state index contributed by atoms with van der Waals surface area (Å²) in [6, 6.07) is -5.57. The second kappa shape index (κ2) is 35.0. The van der Waals surface area contributed by atoms with Crippen LogP contribution < -0.4 is 16.0 Å². The third-order valence-electron chi connectivity index (χ3n) is 16.4. The number of hydrogen-bond donors (Lipinski definition) is 27. The highest BCUT2D eigenvalue weighted by atomic mass is 16.8. The van der Waals surface area contributed by atoms with Gasteiger partial charge in [-0.3, -0.25) is 14.4 Å². The Balaban J connectivity index is 1.27. The standard InChI is InChI=1S/C51H87N3O40/c1-13(62)52-26-33(74)41(91-47-37(78)35(76)30(71)19(7-58)85-47)20(8-59)86-45(26)83-11-22-32(73)44(39(80)49(88-22)90-40(18(67)6-57)28(69)16(65)4-55)93-46-27(53-14(2)63)34(75)42(21(9-60)87-46)92-48-38(79)36(77)31(72)23(89-48)12-84-51(50(81)82)3-15(64)25(54-24(68)10-61)43(94-51)29(70)17(66)5-56/h15-23,25-49,55-61,64-67,69-80H,3-12H2,1-2H3,(H,52,62)(H,53,63)(H,54,68)(H,81,82)/t15-,16-,17+,18+,19+,20+,21+,22+,23+,25+,26+,27+,28+,29+,30-,31-,32-,33+,34+,35-,36-,37+,38+,39+,40+,41+,42+,43+,44-,45+,46-,47-,48-,49-,51+/m0/s1. The normalized spacial score (nSPS) is 43.3. The second-order valence-corrected chi connectivity index (χ2v) is 23.1. The molecule has 6 rings (SSSR count). The van der Waals surface area contributed by atoms with E-state index in [0.717, 1.165) is 13.8 Å². The number of carboxylic acids is 1. The molecule has 6 heterocycles. The van der Waals surface area contributed by atoms with E-state index in [9.17, 15) is 142 Å². The Kier molecular flexibility index (Phi) is 29.6. The maximum absolute atomic E-state index is 12.9. The summed E-state index contributed by atoms with van der Waals surface area (Å²) in [5.74, 6) is -8.21. The Morgan fingerprint density at radius 1 is 0.479 bits per heavy atom. The number of aliphatic hydroxyl groups excluding tert-OH is 23. The molecule has 0 aromatic heterocycles. The topological polar surface area (TPSA) is 701 Å². The maximum Gasteiger partial charge on any atom is 0.364 e. The Morgan fingerprint density at radius 2 is 0.936 bits per heavy atom. The number of aliphatic hydroxyl groups is 23. The fourth-order valence-electron chi connectivity index (χ4n) is 11.3. The van der Waals surface area contributed by atoms with E-state index in [1.165, 1.54) is 0 Å². The molecule has 94 heavy (non-hydrogen) atoms. The SMILES string of the molecule is CC(=O)N[C@H]1[C@H](OC[C@H]2O[C@@H](O[C@@H]([C@H](O)[C@@H](O)CO)[C@H](O)CO)[C@H](O)[C@@H](O[C@@H]3O[C@H](CO)[C@@H](O[C@@H]4O[C@H](CO[C@]5(C(=O)O)C[C@H](O)[C@@H](NC(=O)CO)[C@H]([C@H](O)[C@H](O)CO)O5)[C@H](O)[C@H](O)[C@H]4O)[C@H](O)[C@H]3NC(C)=O)[C@H]2O)O[C@H](CO)[C@@H](O[C@@H]2O[C@H](CO)[C@H](O)[C@H](O)[C@H]2O)[C@@H]1O. The summed E-state index contributed by atoms with van der Waals surface area (Å²) in [5, 5.41) is 263. The molecule has 27 N–H and O–H groups in total. The molecule has 0 radical (unpaired) electrons. The molecule has 0 aromatic carbocycles. The van der Waals surface area contributed by atoms with Gasteiger partial charge in [-0.15, -0.1) is 0 Å². The van der Waals surface area contributed by atoms with Crippen molar-refractivity contribution in [2.75, 3.05) is 59.5 Å². The van der Waals surface area contributed by atoms with Crippen LogP contribution in [-0.4, -0.2) is 420 Å². The first kappa shape index (κ1) is 79.5. The molecule has 6 aliphatic rings. The molecular weight excluding hydrogens is 1290 g/mol. The van der Waals surface area contributed by atoms with Gasteiger partial charge in [0.15, 0.2) is 31.5 Å². The van der Waals surface area contributed by atoms with Crippen LogP contribution in [0.25, 0.3) is 0 Å². The maximum atomic E-state index is 12.9. The van der Waals surface area contributed by atoms with Gasteiger partial charge in [-0.2, -0.15) is 0 Å². The van der Waals surface area contributed by atoms with E-state index in [-0.39, 0.29) is 0 Å². The molecular formula is C51H87N3O40. The van der Waals surface area contributed by atoms with Crippen molar-refractivity contribution in [2.24, 2.45) is 0 Å². The monoisotopic (exact) mass is 1380 g/mol. The number of aliphatic carboxylic acids is 1. The first-order valence-corrected chi connectivity index (χ1v) is 29.3. The zero-order chi connectivity index (χ0) is 70.1. The Bertz CT molecular complexity index is 2380. The molecule has 0 saturated carbocycles. The van der Waals surface area contributed by atoms with Crippen LogP contribution in [0.3, 0.4) is 0 Å². The predicted molar refractivity (Wildman–Crippen MR) is 287 cm³/mol. The lowest BCUT2D eigenvalue weighted by Crippen LogP contribution is -2.70. The molecule has 35 atom stereocenters. The highest BCUT2D eigenvalue weighted by molar-refractivity contribution is 5.78. The van der Waals surface area contributed by atoms with Crippen LogP contribution >= 0.6 is 0 Å². The molecule has 0 bridgehead atoms. The van der Waals surface area contributed by atoms with E-state index in [0.29, 0.717) is 0 Å². The smallest absolute Gasteiger partial charge is 0.364 e. The minimum absolute atomic E-state index is 0.874. The van der Waals surface area contributed by atoms with E-state index in [4.69, 9.17) is 56.8 Å². The van der Waals surface area contributed by atoms with E-state index >= 15 is 0 Å². The van der Waals surface area contributed by atoms with Crippen molar-refractivity contribution in [3.05, 3.63) is 0 Å². The van der Waals surface area contributed by atoms with Crippen molar-refractivity contribution >= 4 is 23.7 Å². The molecule has 0 spiro atoms. The first-order valence-electron chi connectivity index (χ1n) is 29.3. The van der Waals surface area contributed by atoms with E-state index in [2.05, 4.69) is 16.0 Å². The lowest BCUT2D eigenvalue weighted by Gasteiger charge is -2.50. The average molecular weight is 1380 g/mol. The van der Waals surface area contributed by atoms with Crippen molar-refractivity contribution in [2.45, 2.75) is 234 Å². The molecule has 6 aliphatic heterocycles. The van der Waals surface area contributed by atoms with Crippen molar-refractivity contribution in [1.29, 1.82) is 0 Å². The molecule has 6 saturated heterocycles. The van der Waals surface area contributed by atoms with Gasteiger partial charge < -0.3 is 195 Å². The Hall–Kier alpha value is -3.52. The van der Waals surface area contributed by atoms with Crippen molar-refractivity contribution in [3.8, 4) is 0 Å².